The maximum Gasteiger partial charge on any atom is 0.196 e. The highest BCUT2D eigenvalue weighted by molar-refractivity contribution is 5.26. The summed E-state index contributed by atoms with van der Waals surface area (Å²) in [6.07, 6.45) is 22.1. The van der Waals surface area contributed by atoms with Gasteiger partial charge >= 0.3 is 0 Å². The van der Waals surface area contributed by atoms with E-state index in [9.17, 15) is 4.39 Å². The summed E-state index contributed by atoms with van der Waals surface area (Å²) in [5.74, 6) is 2.71. The first-order valence-electron chi connectivity index (χ1n) is 13.5. The average molecular weight is 438 g/mol. The molecule has 0 aliphatic heterocycles. The summed E-state index contributed by atoms with van der Waals surface area (Å²) >= 11 is 0. The van der Waals surface area contributed by atoms with Crippen LogP contribution in [0.25, 0.3) is 0 Å². The number of rotatable bonds is 11. The molecule has 0 amide bonds. The Morgan fingerprint density at radius 3 is 2.16 bits per heavy atom. The van der Waals surface area contributed by atoms with Crippen molar-refractivity contribution in [1.29, 1.82) is 5.26 Å². The third-order valence-corrected chi connectivity index (χ3v) is 8.36. The molecule has 0 aromatic heterocycles. The Kier molecular flexibility index (Phi) is 10.8. The summed E-state index contributed by atoms with van der Waals surface area (Å²) < 4.78 is 13.0. The number of halogens is 1. The first-order chi connectivity index (χ1) is 15.7. The number of nitriles is 1. The Morgan fingerprint density at radius 1 is 0.906 bits per heavy atom. The molecule has 1 aromatic rings. The molecule has 2 aliphatic carbocycles. The van der Waals surface area contributed by atoms with Gasteiger partial charge in [-0.25, -0.2) is 0 Å². The molecule has 0 bridgehead atoms. The quantitative estimate of drug-likeness (QED) is 0.250. The molecule has 3 rings (SSSR count). The highest BCUT2D eigenvalue weighted by Crippen LogP contribution is 2.44. The molecule has 176 valence electrons. The first-order valence-corrected chi connectivity index (χ1v) is 13.5. The minimum absolute atomic E-state index is 0.618. The number of hydrogen-bond acceptors (Lipinski definition) is 1. The molecular weight excluding hydrogens is 393 g/mol. The van der Waals surface area contributed by atoms with Crippen LogP contribution in [-0.4, -0.2) is 0 Å². The molecule has 0 saturated heterocycles. The molecule has 2 saturated carbocycles. The van der Waals surface area contributed by atoms with Crippen LogP contribution in [0.1, 0.15) is 120 Å². The van der Waals surface area contributed by atoms with Crippen molar-refractivity contribution in [2.24, 2.45) is 17.8 Å². The van der Waals surface area contributed by atoms with Gasteiger partial charge in [-0.3, -0.25) is 0 Å². The van der Waals surface area contributed by atoms with Crippen molar-refractivity contribution < 1.29 is 4.39 Å². The van der Waals surface area contributed by atoms with E-state index in [2.05, 4.69) is 31.2 Å². The Morgan fingerprint density at radius 2 is 1.53 bits per heavy atom. The lowest BCUT2D eigenvalue weighted by atomic mass is 9.68. The fourth-order valence-corrected chi connectivity index (χ4v) is 6.25. The van der Waals surface area contributed by atoms with Gasteiger partial charge in [-0.05, 0) is 105 Å². The molecular formula is C30H44FN. The van der Waals surface area contributed by atoms with E-state index < -0.39 is 5.83 Å². The predicted molar refractivity (Wildman–Crippen MR) is 133 cm³/mol. The van der Waals surface area contributed by atoms with Crippen LogP contribution in [0.3, 0.4) is 0 Å². The number of allylic oxidation sites excluding steroid dienone is 2. The molecule has 0 spiro atoms. The third kappa shape index (κ3) is 8.06. The van der Waals surface area contributed by atoms with Crippen LogP contribution in [0.2, 0.25) is 0 Å². The normalized spacial score (nSPS) is 26.6. The number of benzene rings is 1. The lowest BCUT2D eigenvalue weighted by molar-refractivity contribution is 0.157. The Hall–Kier alpha value is -1.62. The highest BCUT2D eigenvalue weighted by Gasteiger charge is 2.31. The van der Waals surface area contributed by atoms with Crippen molar-refractivity contribution >= 4 is 0 Å². The molecule has 0 N–H and O–H groups in total. The molecule has 0 radical (unpaired) electrons. The van der Waals surface area contributed by atoms with Crippen LogP contribution in [-0.2, 0) is 6.42 Å². The maximum atomic E-state index is 13.0. The average Bonchev–Trinajstić information content (AvgIpc) is 2.85. The van der Waals surface area contributed by atoms with E-state index >= 15 is 0 Å². The van der Waals surface area contributed by atoms with Crippen LogP contribution >= 0.6 is 0 Å². The van der Waals surface area contributed by atoms with Gasteiger partial charge in [0.1, 0.15) is 6.07 Å². The molecule has 1 nitrogen and oxygen atoms in total. The lowest BCUT2D eigenvalue weighted by Crippen LogP contribution is -2.25. The van der Waals surface area contributed by atoms with Crippen LogP contribution in [0.4, 0.5) is 4.39 Å². The second kappa shape index (κ2) is 13.8. The summed E-state index contributed by atoms with van der Waals surface area (Å²) in [5.41, 5.74) is 3.08. The molecule has 0 heterocycles. The van der Waals surface area contributed by atoms with Crippen molar-refractivity contribution in [3.63, 3.8) is 0 Å². The highest BCUT2D eigenvalue weighted by atomic mass is 19.1. The van der Waals surface area contributed by atoms with Gasteiger partial charge in [0.25, 0.3) is 0 Å². The van der Waals surface area contributed by atoms with E-state index in [1.165, 1.54) is 102 Å². The predicted octanol–water partition coefficient (Wildman–Crippen LogP) is 9.44. The van der Waals surface area contributed by atoms with E-state index in [-0.39, 0.29) is 0 Å². The van der Waals surface area contributed by atoms with E-state index in [4.69, 9.17) is 5.26 Å². The summed E-state index contributed by atoms with van der Waals surface area (Å²) in [5, 5.41) is 8.52. The van der Waals surface area contributed by atoms with Crippen molar-refractivity contribution in [1.82, 2.24) is 0 Å². The molecule has 1 aromatic carbocycles. The zero-order chi connectivity index (χ0) is 22.6. The molecule has 0 unspecified atom stereocenters. The number of aryl methyl sites for hydroxylation is 1. The molecule has 2 fully saturated rings. The van der Waals surface area contributed by atoms with Crippen LogP contribution in [0, 0.1) is 29.1 Å². The molecule has 0 atom stereocenters. The van der Waals surface area contributed by atoms with Crippen LogP contribution < -0.4 is 0 Å². The summed E-state index contributed by atoms with van der Waals surface area (Å²) in [7, 11) is 0. The smallest absolute Gasteiger partial charge is 0.195 e. The van der Waals surface area contributed by atoms with Gasteiger partial charge in [0.15, 0.2) is 5.83 Å². The maximum absolute atomic E-state index is 13.0. The number of unbranched alkanes of at least 4 members (excludes halogenated alkanes) is 4. The molecule has 2 aliphatic rings. The van der Waals surface area contributed by atoms with Gasteiger partial charge in [0.05, 0.1) is 0 Å². The summed E-state index contributed by atoms with van der Waals surface area (Å²) in [6.45, 7) is 2.28. The number of hydrogen-bond donors (Lipinski definition) is 0. The van der Waals surface area contributed by atoms with Crippen molar-refractivity contribution in [2.45, 2.75) is 116 Å². The van der Waals surface area contributed by atoms with Gasteiger partial charge in [-0.1, -0.05) is 69.7 Å². The fraction of sp³-hybridized carbons (Fsp3) is 0.700. The molecule has 2 heteroatoms. The van der Waals surface area contributed by atoms with Crippen LogP contribution in [0.15, 0.2) is 36.2 Å². The SMILES string of the molecule is CCCCCCCc1ccc(C2CCC(C3CCC(CCC=C(F)C#N)CC3)CC2)cc1. The van der Waals surface area contributed by atoms with Crippen molar-refractivity contribution in [3.8, 4) is 6.07 Å². The van der Waals surface area contributed by atoms with Gasteiger partial charge in [0, 0.05) is 0 Å². The Bertz CT molecular complexity index is 712. The van der Waals surface area contributed by atoms with Gasteiger partial charge in [-0.15, -0.1) is 0 Å². The fourth-order valence-electron chi connectivity index (χ4n) is 6.25. The van der Waals surface area contributed by atoms with E-state index in [1.54, 1.807) is 11.6 Å². The van der Waals surface area contributed by atoms with Gasteiger partial charge in [0.2, 0.25) is 0 Å². The second-order valence-electron chi connectivity index (χ2n) is 10.5. The van der Waals surface area contributed by atoms with Crippen LogP contribution in [0.5, 0.6) is 0 Å². The zero-order valence-corrected chi connectivity index (χ0v) is 20.3. The minimum Gasteiger partial charge on any atom is -0.195 e. The summed E-state index contributed by atoms with van der Waals surface area (Å²) in [4.78, 5) is 0. The summed E-state index contributed by atoms with van der Waals surface area (Å²) in [6, 6.07) is 11.2. The van der Waals surface area contributed by atoms with E-state index in [1.807, 2.05) is 0 Å². The lowest BCUT2D eigenvalue weighted by Gasteiger charge is -2.38. The van der Waals surface area contributed by atoms with E-state index in [0.717, 1.165) is 36.5 Å². The Balaban J connectivity index is 1.34. The largest absolute Gasteiger partial charge is 0.196 e. The topological polar surface area (TPSA) is 23.8 Å². The zero-order valence-electron chi connectivity index (χ0n) is 20.3. The number of nitrogens with zero attached hydrogens (tertiary/aromatic N) is 1. The van der Waals surface area contributed by atoms with Crippen molar-refractivity contribution in [2.75, 3.05) is 0 Å². The monoisotopic (exact) mass is 437 g/mol. The van der Waals surface area contributed by atoms with E-state index in [0.29, 0.717) is 0 Å². The third-order valence-electron chi connectivity index (χ3n) is 8.36. The van der Waals surface area contributed by atoms with Gasteiger partial charge in [-0.2, -0.15) is 9.65 Å². The second-order valence-corrected chi connectivity index (χ2v) is 10.5. The minimum atomic E-state index is -0.618. The Labute approximate surface area is 196 Å². The standard InChI is InChI=1S/C30H44FN/c1-2-3-4-5-6-8-24-11-15-26(16-12-24)28-19-21-29(22-20-28)27-17-13-25(14-18-27)9-7-10-30(31)23-32/h10-12,15-16,25,27-29H,2-9,13-14,17-22H2,1H3. The first kappa shape index (κ1) is 25.0. The van der Waals surface area contributed by atoms with Crippen molar-refractivity contribution in [3.05, 3.63) is 47.3 Å². The van der Waals surface area contributed by atoms with Gasteiger partial charge < -0.3 is 0 Å². The molecule has 32 heavy (non-hydrogen) atoms.